The molecule has 0 aliphatic rings. The summed E-state index contributed by atoms with van der Waals surface area (Å²) in [7, 11) is 0. The van der Waals surface area contributed by atoms with Crippen LogP contribution in [-0.2, 0) is 0 Å². The molecule has 74 valence electrons. The number of pyridine rings is 1. The van der Waals surface area contributed by atoms with Gasteiger partial charge >= 0.3 is 0 Å². The van der Waals surface area contributed by atoms with E-state index in [1.54, 1.807) is 6.26 Å². The zero-order valence-electron chi connectivity index (χ0n) is 8.21. The predicted octanol–water partition coefficient (Wildman–Crippen LogP) is 2.30. The standard InChI is InChI=1S/C11H9N3O/c1-8-4-5-10-12-13-11(14(10)7-8)9-3-2-6-15-9/h2-7H,1H3. The van der Waals surface area contributed by atoms with E-state index < -0.39 is 0 Å². The molecular formula is C11H9N3O. The van der Waals surface area contributed by atoms with Gasteiger partial charge in [-0.1, -0.05) is 6.07 Å². The minimum Gasteiger partial charge on any atom is -0.461 e. The lowest BCUT2D eigenvalue weighted by molar-refractivity contribution is 0.576. The van der Waals surface area contributed by atoms with E-state index >= 15 is 0 Å². The molecule has 0 atom stereocenters. The molecule has 3 rings (SSSR count). The summed E-state index contributed by atoms with van der Waals surface area (Å²) in [4.78, 5) is 0. The third-order valence-corrected chi connectivity index (χ3v) is 2.29. The summed E-state index contributed by atoms with van der Waals surface area (Å²) in [5.41, 5.74) is 1.99. The highest BCUT2D eigenvalue weighted by Crippen LogP contribution is 2.18. The van der Waals surface area contributed by atoms with Crippen molar-refractivity contribution in [3.05, 3.63) is 42.3 Å². The SMILES string of the molecule is Cc1ccc2nnc(-c3ccco3)n2c1. The molecule has 0 aliphatic heterocycles. The normalized spacial score (nSPS) is 11.0. The van der Waals surface area contributed by atoms with Crippen LogP contribution in [0.1, 0.15) is 5.56 Å². The first-order valence-electron chi connectivity index (χ1n) is 4.70. The summed E-state index contributed by atoms with van der Waals surface area (Å²) in [6, 6.07) is 7.66. The minimum absolute atomic E-state index is 0.730. The van der Waals surface area contributed by atoms with Crippen LogP contribution in [0.3, 0.4) is 0 Å². The zero-order valence-corrected chi connectivity index (χ0v) is 8.21. The Balaban J connectivity index is 2.32. The molecule has 0 saturated heterocycles. The van der Waals surface area contributed by atoms with Gasteiger partial charge in [0.05, 0.1) is 6.26 Å². The molecule has 0 radical (unpaired) electrons. The van der Waals surface area contributed by atoms with Gasteiger partial charge in [0, 0.05) is 6.20 Å². The predicted molar refractivity (Wildman–Crippen MR) is 55.4 cm³/mol. The van der Waals surface area contributed by atoms with E-state index in [1.807, 2.05) is 41.8 Å². The van der Waals surface area contributed by atoms with Gasteiger partial charge in [0.1, 0.15) is 0 Å². The molecule has 0 aromatic carbocycles. The Labute approximate surface area is 86.2 Å². The van der Waals surface area contributed by atoms with Gasteiger partial charge < -0.3 is 4.42 Å². The van der Waals surface area contributed by atoms with Crippen LogP contribution in [0.15, 0.2) is 41.1 Å². The summed E-state index contributed by atoms with van der Waals surface area (Å²) in [5.74, 6) is 1.46. The van der Waals surface area contributed by atoms with Crippen LogP contribution in [0.4, 0.5) is 0 Å². The Kier molecular flexibility index (Phi) is 1.62. The van der Waals surface area contributed by atoms with Gasteiger partial charge in [-0.2, -0.15) is 0 Å². The van der Waals surface area contributed by atoms with E-state index in [-0.39, 0.29) is 0 Å². The summed E-state index contributed by atoms with van der Waals surface area (Å²) in [5, 5.41) is 8.17. The van der Waals surface area contributed by atoms with E-state index in [0.717, 1.165) is 22.8 Å². The first kappa shape index (κ1) is 8.23. The molecule has 0 saturated carbocycles. The molecule has 15 heavy (non-hydrogen) atoms. The second kappa shape index (κ2) is 2.95. The summed E-state index contributed by atoms with van der Waals surface area (Å²) in [6.07, 6.45) is 3.62. The number of furan rings is 1. The van der Waals surface area contributed by atoms with Gasteiger partial charge in [-0.3, -0.25) is 4.40 Å². The third-order valence-electron chi connectivity index (χ3n) is 2.29. The van der Waals surface area contributed by atoms with Crippen LogP contribution in [-0.4, -0.2) is 14.6 Å². The Morgan fingerprint density at radius 2 is 2.13 bits per heavy atom. The molecule has 0 aliphatic carbocycles. The summed E-state index contributed by atoms with van der Waals surface area (Å²) < 4.78 is 7.23. The van der Waals surface area contributed by atoms with Crippen molar-refractivity contribution in [2.75, 3.05) is 0 Å². The first-order valence-corrected chi connectivity index (χ1v) is 4.70. The van der Waals surface area contributed by atoms with Gasteiger partial charge in [-0.15, -0.1) is 10.2 Å². The van der Waals surface area contributed by atoms with E-state index in [2.05, 4.69) is 10.2 Å². The second-order valence-corrected chi connectivity index (χ2v) is 3.44. The maximum Gasteiger partial charge on any atom is 0.204 e. The number of aromatic nitrogens is 3. The molecule has 0 bridgehead atoms. The number of fused-ring (bicyclic) bond motifs is 1. The highest BCUT2D eigenvalue weighted by Gasteiger charge is 2.09. The maximum absolute atomic E-state index is 5.30. The quantitative estimate of drug-likeness (QED) is 0.604. The smallest absolute Gasteiger partial charge is 0.204 e. The van der Waals surface area contributed by atoms with Crippen LogP contribution in [0, 0.1) is 6.92 Å². The zero-order chi connectivity index (χ0) is 10.3. The molecule has 3 aromatic rings. The van der Waals surface area contributed by atoms with Crippen molar-refractivity contribution in [2.45, 2.75) is 6.92 Å². The van der Waals surface area contributed by atoms with Gasteiger partial charge in [-0.05, 0) is 30.7 Å². The summed E-state index contributed by atoms with van der Waals surface area (Å²) >= 11 is 0. The van der Waals surface area contributed by atoms with Crippen LogP contribution >= 0.6 is 0 Å². The van der Waals surface area contributed by atoms with Gasteiger partial charge in [0.2, 0.25) is 5.82 Å². The van der Waals surface area contributed by atoms with Crippen LogP contribution < -0.4 is 0 Å². The molecule has 0 unspecified atom stereocenters. The van der Waals surface area contributed by atoms with Gasteiger partial charge in [-0.25, -0.2) is 0 Å². The summed E-state index contributed by atoms with van der Waals surface area (Å²) in [6.45, 7) is 2.03. The molecule has 0 amide bonds. The van der Waals surface area contributed by atoms with E-state index in [9.17, 15) is 0 Å². The fraction of sp³-hybridized carbons (Fsp3) is 0.0909. The lowest BCUT2D eigenvalue weighted by Gasteiger charge is -1.97. The van der Waals surface area contributed by atoms with E-state index in [1.165, 1.54) is 0 Å². The first-order chi connectivity index (χ1) is 7.34. The maximum atomic E-state index is 5.30. The van der Waals surface area contributed by atoms with Crippen molar-refractivity contribution < 1.29 is 4.42 Å². The lowest BCUT2D eigenvalue weighted by atomic mass is 10.3. The molecule has 3 aromatic heterocycles. The molecule has 0 spiro atoms. The number of nitrogens with zero attached hydrogens (tertiary/aromatic N) is 3. The molecule has 4 nitrogen and oxygen atoms in total. The van der Waals surface area contributed by atoms with Gasteiger partial charge in [0.15, 0.2) is 11.4 Å². The molecule has 4 heteroatoms. The number of rotatable bonds is 1. The van der Waals surface area contributed by atoms with Crippen molar-refractivity contribution in [2.24, 2.45) is 0 Å². The highest BCUT2D eigenvalue weighted by molar-refractivity contribution is 5.53. The fourth-order valence-corrected chi connectivity index (χ4v) is 1.57. The third kappa shape index (κ3) is 1.22. The van der Waals surface area contributed by atoms with Crippen molar-refractivity contribution in [1.29, 1.82) is 0 Å². The van der Waals surface area contributed by atoms with Crippen molar-refractivity contribution in [3.63, 3.8) is 0 Å². The Morgan fingerprint density at radius 3 is 2.93 bits per heavy atom. The van der Waals surface area contributed by atoms with Crippen molar-refractivity contribution in [1.82, 2.24) is 14.6 Å². The van der Waals surface area contributed by atoms with Crippen LogP contribution in [0.2, 0.25) is 0 Å². The van der Waals surface area contributed by atoms with E-state index in [4.69, 9.17) is 4.42 Å². The number of aryl methyl sites for hydroxylation is 1. The largest absolute Gasteiger partial charge is 0.461 e. The molecular weight excluding hydrogens is 190 g/mol. The Bertz CT molecular complexity index is 595. The molecule has 0 fully saturated rings. The second-order valence-electron chi connectivity index (χ2n) is 3.44. The van der Waals surface area contributed by atoms with E-state index in [0.29, 0.717) is 0 Å². The van der Waals surface area contributed by atoms with Crippen LogP contribution in [0.5, 0.6) is 0 Å². The van der Waals surface area contributed by atoms with Gasteiger partial charge in [0.25, 0.3) is 0 Å². The highest BCUT2D eigenvalue weighted by atomic mass is 16.3. The topological polar surface area (TPSA) is 43.3 Å². The minimum atomic E-state index is 0.730. The average Bonchev–Trinajstić information content (AvgIpc) is 2.83. The molecule has 3 heterocycles. The Morgan fingerprint density at radius 1 is 1.20 bits per heavy atom. The fourth-order valence-electron chi connectivity index (χ4n) is 1.57. The monoisotopic (exact) mass is 199 g/mol. The van der Waals surface area contributed by atoms with Crippen molar-refractivity contribution >= 4 is 5.65 Å². The average molecular weight is 199 g/mol. The molecule has 0 N–H and O–H groups in total. The Hall–Kier alpha value is -2.10. The number of hydrogen-bond donors (Lipinski definition) is 0. The lowest BCUT2D eigenvalue weighted by Crippen LogP contribution is -1.88. The van der Waals surface area contributed by atoms with Crippen molar-refractivity contribution in [3.8, 4) is 11.6 Å². The van der Waals surface area contributed by atoms with Crippen LogP contribution in [0.25, 0.3) is 17.2 Å². The number of hydrogen-bond acceptors (Lipinski definition) is 3.